The van der Waals surface area contributed by atoms with Crippen LogP contribution in [0.4, 0.5) is 0 Å². The topological polar surface area (TPSA) is 115 Å². The average Bonchev–Trinajstić information content (AvgIpc) is 2.13. The summed E-state index contributed by atoms with van der Waals surface area (Å²) >= 11 is 0. The highest BCUT2D eigenvalue weighted by atomic mass is 16.4. The maximum atomic E-state index is 9.00. The Bertz CT molecular complexity index is 238. The number of carboxylic acids is 1. The van der Waals surface area contributed by atoms with Crippen LogP contribution in [0.1, 0.15) is 6.92 Å². The third kappa shape index (κ3) is 134. The van der Waals surface area contributed by atoms with Gasteiger partial charge in [0.25, 0.3) is 12.4 Å². The average molecular weight is 216 g/mol. The summed E-state index contributed by atoms with van der Waals surface area (Å²) in [6.07, 6.45) is 0. The minimum absolute atomic E-state index is 0.180. The standard InChI is InChI=1S/C6H6O2.C2H4O2.CH2O2/c7-5-3-1-2-4-6-8;1-2(3)4;2-1-3/h7-8H,5-6H2;1H3,(H,3,4);1H,(H,2,3). The van der Waals surface area contributed by atoms with Crippen LogP contribution >= 0.6 is 0 Å². The Morgan fingerprint density at radius 2 is 1.40 bits per heavy atom. The molecule has 0 radical (unpaired) electrons. The van der Waals surface area contributed by atoms with Crippen LogP contribution in [0.3, 0.4) is 0 Å². The second-order valence-corrected chi connectivity index (χ2v) is 1.54. The SMILES string of the molecule is CC(=O)O.O=CO.OCC#CC#CCO. The van der Waals surface area contributed by atoms with Crippen molar-refractivity contribution in [1.29, 1.82) is 0 Å². The fourth-order valence-electron chi connectivity index (χ4n) is 0.167. The van der Waals surface area contributed by atoms with Crippen molar-refractivity contribution < 1.29 is 30.0 Å². The molecule has 0 aliphatic rings. The molecule has 0 aliphatic carbocycles. The smallest absolute Gasteiger partial charge is 0.300 e. The largest absolute Gasteiger partial charge is 0.483 e. The third-order valence-corrected chi connectivity index (χ3v) is 0.397. The summed E-state index contributed by atoms with van der Waals surface area (Å²) in [5.74, 6) is 8.40. The molecule has 0 spiro atoms. The number of hydrogen-bond donors (Lipinski definition) is 4. The van der Waals surface area contributed by atoms with Gasteiger partial charge in [-0.1, -0.05) is 11.8 Å². The molecule has 0 bridgehead atoms. The highest BCUT2D eigenvalue weighted by molar-refractivity contribution is 5.62. The molecule has 4 N–H and O–H groups in total. The molecular formula is C9H12O6. The molecule has 0 aromatic heterocycles. The number of aliphatic carboxylic acids is 1. The highest BCUT2D eigenvalue weighted by Crippen LogP contribution is 1.52. The molecule has 84 valence electrons. The maximum absolute atomic E-state index is 9.00. The predicted octanol–water partition coefficient (Wildman–Crippen LogP) is -1.23. The Morgan fingerprint density at radius 3 is 1.53 bits per heavy atom. The number of aliphatic hydroxyl groups excluding tert-OH is 2. The summed E-state index contributed by atoms with van der Waals surface area (Å²) in [5, 5.41) is 30.4. The zero-order chi connectivity index (χ0) is 12.5. The van der Waals surface area contributed by atoms with Gasteiger partial charge in [0.15, 0.2) is 0 Å². The molecule has 0 saturated carbocycles. The van der Waals surface area contributed by atoms with Crippen LogP contribution in [-0.2, 0) is 9.59 Å². The van der Waals surface area contributed by atoms with Gasteiger partial charge in [-0.25, -0.2) is 0 Å². The maximum Gasteiger partial charge on any atom is 0.300 e. The van der Waals surface area contributed by atoms with E-state index in [0.717, 1.165) is 6.92 Å². The second kappa shape index (κ2) is 22.7. The zero-order valence-corrected chi connectivity index (χ0v) is 8.10. The lowest BCUT2D eigenvalue weighted by Gasteiger charge is -1.64. The monoisotopic (exact) mass is 216 g/mol. The van der Waals surface area contributed by atoms with Crippen molar-refractivity contribution in [2.75, 3.05) is 13.2 Å². The van der Waals surface area contributed by atoms with Gasteiger partial charge in [0, 0.05) is 6.92 Å². The van der Waals surface area contributed by atoms with Crippen LogP contribution in [0.5, 0.6) is 0 Å². The molecule has 6 heteroatoms. The molecule has 0 aliphatic heterocycles. The number of hydrogen-bond acceptors (Lipinski definition) is 4. The molecule has 15 heavy (non-hydrogen) atoms. The van der Waals surface area contributed by atoms with E-state index in [9.17, 15) is 0 Å². The van der Waals surface area contributed by atoms with Gasteiger partial charge in [-0.3, -0.25) is 9.59 Å². The van der Waals surface area contributed by atoms with Gasteiger partial charge in [-0.2, -0.15) is 0 Å². The summed E-state index contributed by atoms with van der Waals surface area (Å²) in [6, 6.07) is 0. The van der Waals surface area contributed by atoms with Gasteiger partial charge in [0.05, 0.1) is 0 Å². The van der Waals surface area contributed by atoms with E-state index in [2.05, 4.69) is 23.7 Å². The third-order valence-electron chi connectivity index (χ3n) is 0.397. The van der Waals surface area contributed by atoms with Crippen LogP contribution in [-0.4, -0.2) is 46.1 Å². The summed E-state index contributed by atoms with van der Waals surface area (Å²) in [4.78, 5) is 17.4. The first-order chi connectivity index (χ1) is 7.06. The molecule has 0 fully saturated rings. The van der Waals surface area contributed by atoms with Gasteiger partial charge < -0.3 is 20.4 Å². The lowest BCUT2D eigenvalue weighted by molar-refractivity contribution is -0.134. The number of aliphatic hydroxyl groups is 2. The van der Waals surface area contributed by atoms with Crippen LogP contribution in [0.2, 0.25) is 0 Å². The van der Waals surface area contributed by atoms with E-state index in [1.165, 1.54) is 0 Å². The number of carboxylic acid groups (broad SMARTS) is 2. The van der Waals surface area contributed by atoms with Crippen molar-refractivity contribution in [3.8, 4) is 23.7 Å². The molecule has 0 amide bonds. The van der Waals surface area contributed by atoms with E-state index < -0.39 is 5.97 Å². The normalized spacial score (nSPS) is 5.53. The van der Waals surface area contributed by atoms with Gasteiger partial charge in [-0.05, 0) is 11.8 Å². The van der Waals surface area contributed by atoms with Crippen molar-refractivity contribution in [3.05, 3.63) is 0 Å². The fraction of sp³-hybridized carbons (Fsp3) is 0.333. The lowest BCUT2D eigenvalue weighted by Crippen LogP contribution is -1.78. The van der Waals surface area contributed by atoms with Gasteiger partial charge in [0.2, 0.25) is 0 Å². The van der Waals surface area contributed by atoms with Crippen LogP contribution in [0.25, 0.3) is 0 Å². The molecule has 0 heterocycles. The quantitative estimate of drug-likeness (QED) is 0.297. The van der Waals surface area contributed by atoms with Crippen molar-refractivity contribution in [1.82, 2.24) is 0 Å². The van der Waals surface area contributed by atoms with Crippen molar-refractivity contribution in [2.24, 2.45) is 0 Å². The first kappa shape index (κ1) is 18.7. The first-order valence-electron chi connectivity index (χ1n) is 3.51. The summed E-state index contributed by atoms with van der Waals surface area (Å²) < 4.78 is 0. The van der Waals surface area contributed by atoms with E-state index in [1.54, 1.807) is 0 Å². The highest BCUT2D eigenvalue weighted by Gasteiger charge is 1.65. The summed E-state index contributed by atoms with van der Waals surface area (Å²) in [6.45, 7) is 0.472. The Balaban J connectivity index is -0.000000173. The van der Waals surface area contributed by atoms with Gasteiger partial charge in [0.1, 0.15) is 13.2 Å². The van der Waals surface area contributed by atoms with Gasteiger partial charge in [-0.15, -0.1) is 0 Å². The van der Waals surface area contributed by atoms with E-state index in [-0.39, 0.29) is 19.7 Å². The zero-order valence-electron chi connectivity index (χ0n) is 8.10. The predicted molar refractivity (Wildman–Crippen MR) is 51.7 cm³/mol. The van der Waals surface area contributed by atoms with Crippen LogP contribution in [0.15, 0.2) is 0 Å². The Morgan fingerprint density at radius 1 is 1.20 bits per heavy atom. The summed E-state index contributed by atoms with van der Waals surface area (Å²) in [5.41, 5.74) is 0. The molecule has 0 saturated heterocycles. The Hall–Kier alpha value is -2.02. The molecule has 6 nitrogen and oxygen atoms in total. The van der Waals surface area contributed by atoms with E-state index >= 15 is 0 Å². The van der Waals surface area contributed by atoms with E-state index in [1.807, 2.05) is 0 Å². The first-order valence-corrected chi connectivity index (χ1v) is 3.51. The molecular weight excluding hydrogens is 204 g/mol. The van der Waals surface area contributed by atoms with Gasteiger partial charge >= 0.3 is 0 Å². The van der Waals surface area contributed by atoms with Crippen LogP contribution < -0.4 is 0 Å². The van der Waals surface area contributed by atoms with Crippen molar-refractivity contribution in [2.45, 2.75) is 6.92 Å². The Labute approximate surface area is 87.2 Å². The minimum atomic E-state index is -0.833. The van der Waals surface area contributed by atoms with E-state index in [4.69, 9.17) is 30.0 Å². The number of rotatable bonds is 0. The van der Waals surface area contributed by atoms with Crippen LogP contribution in [0, 0.1) is 23.7 Å². The number of carbonyl (C=O) groups is 2. The second-order valence-electron chi connectivity index (χ2n) is 1.54. The molecule has 0 rings (SSSR count). The van der Waals surface area contributed by atoms with E-state index in [0.29, 0.717) is 0 Å². The Kier molecular flexibility index (Phi) is 28.3. The molecule has 0 atom stereocenters. The lowest BCUT2D eigenvalue weighted by atomic mass is 10.5. The molecule has 0 aromatic rings. The summed E-state index contributed by atoms with van der Waals surface area (Å²) in [7, 11) is 0. The van der Waals surface area contributed by atoms with Crippen molar-refractivity contribution in [3.63, 3.8) is 0 Å². The fourth-order valence-corrected chi connectivity index (χ4v) is 0.167. The molecule has 0 aromatic carbocycles. The minimum Gasteiger partial charge on any atom is -0.483 e. The molecule has 0 unspecified atom stereocenters. The van der Waals surface area contributed by atoms with Crippen molar-refractivity contribution >= 4 is 12.4 Å².